The van der Waals surface area contributed by atoms with Crippen molar-refractivity contribution in [1.29, 1.82) is 0 Å². The highest BCUT2D eigenvalue weighted by Gasteiger charge is 2.11. The van der Waals surface area contributed by atoms with E-state index in [-0.39, 0.29) is 5.57 Å². The lowest BCUT2D eigenvalue weighted by molar-refractivity contribution is -0.110. The Balaban J connectivity index is 4.44. The number of rotatable bonds is 5. The van der Waals surface area contributed by atoms with Crippen LogP contribution in [0.4, 0.5) is 0 Å². The molecule has 0 aliphatic rings. The van der Waals surface area contributed by atoms with E-state index in [1.54, 1.807) is 0 Å². The zero-order valence-corrected chi connectivity index (χ0v) is 9.15. The number of hydrogen-bond acceptors (Lipinski definition) is 2. The number of halogens is 2. The monoisotopic (exact) mass is 222 g/mol. The molecular formula is C9H12Cl2O2. The van der Waals surface area contributed by atoms with Gasteiger partial charge in [0.15, 0.2) is 0 Å². The molecule has 0 aromatic carbocycles. The zero-order valence-electron chi connectivity index (χ0n) is 7.64. The largest absolute Gasteiger partial charge is 0.276 e. The first kappa shape index (κ1) is 12.7. The van der Waals surface area contributed by atoms with Crippen LogP contribution in [-0.4, -0.2) is 10.5 Å². The van der Waals surface area contributed by atoms with Crippen LogP contribution in [0.25, 0.3) is 0 Å². The molecule has 0 fully saturated rings. The van der Waals surface area contributed by atoms with Crippen molar-refractivity contribution in [2.24, 2.45) is 5.92 Å². The van der Waals surface area contributed by atoms with Crippen molar-refractivity contribution in [2.75, 3.05) is 0 Å². The highest BCUT2D eigenvalue weighted by Crippen LogP contribution is 2.16. The van der Waals surface area contributed by atoms with Crippen molar-refractivity contribution in [3.63, 3.8) is 0 Å². The van der Waals surface area contributed by atoms with Crippen molar-refractivity contribution >= 4 is 33.7 Å². The van der Waals surface area contributed by atoms with Crippen molar-refractivity contribution < 1.29 is 9.59 Å². The molecule has 0 aliphatic carbocycles. The Labute approximate surface area is 87.9 Å². The molecule has 0 aliphatic heterocycles. The van der Waals surface area contributed by atoms with Gasteiger partial charge in [-0.05, 0) is 35.5 Å². The Morgan fingerprint density at radius 3 is 2.23 bits per heavy atom. The van der Waals surface area contributed by atoms with Gasteiger partial charge in [0.2, 0.25) is 10.5 Å². The molecule has 0 aromatic rings. The molecule has 4 heteroatoms. The summed E-state index contributed by atoms with van der Waals surface area (Å²) < 4.78 is 0. The van der Waals surface area contributed by atoms with Gasteiger partial charge in [0.1, 0.15) is 0 Å². The molecule has 0 heterocycles. The topological polar surface area (TPSA) is 34.1 Å². The normalized spacial score (nSPS) is 14.0. The summed E-state index contributed by atoms with van der Waals surface area (Å²) in [6.45, 7) is 3.98. The van der Waals surface area contributed by atoms with Gasteiger partial charge in [-0.2, -0.15) is 0 Å². The van der Waals surface area contributed by atoms with Crippen LogP contribution in [0.15, 0.2) is 11.6 Å². The second-order valence-electron chi connectivity index (χ2n) is 2.96. The van der Waals surface area contributed by atoms with Crippen molar-refractivity contribution in [2.45, 2.75) is 26.7 Å². The predicted octanol–water partition coefficient (Wildman–Crippen LogP) is 2.88. The molecule has 0 saturated heterocycles. The van der Waals surface area contributed by atoms with Crippen LogP contribution >= 0.6 is 23.2 Å². The highest BCUT2D eigenvalue weighted by molar-refractivity contribution is 6.70. The standard InChI is InChI=1S/C9H12Cl2O2/c1-3-6(2)4-7(9(11)13)5-8(10)12/h5-6H,3-4H2,1-2H3/b7-5+. The molecule has 0 saturated carbocycles. The number of hydrogen-bond donors (Lipinski definition) is 0. The molecular weight excluding hydrogens is 211 g/mol. The Bertz CT molecular complexity index is 234. The Kier molecular flexibility index (Phi) is 6.00. The van der Waals surface area contributed by atoms with E-state index in [0.717, 1.165) is 12.5 Å². The Morgan fingerprint density at radius 1 is 1.38 bits per heavy atom. The minimum absolute atomic E-state index is 0.288. The average molecular weight is 223 g/mol. The van der Waals surface area contributed by atoms with E-state index in [1.807, 2.05) is 13.8 Å². The number of carbonyl (C=O) groups excluding carboxylic acids is 2. The van der Waals surface area contributed by atoms with Gasteiger partial charge in [-0.25, -0.2) is 0 Å². The van der Waals surface area contributed by atoms with Crippen LogP contribution in [0.3, 0.4) is 0 Å². The molecule has 13 heavy (non-hydrogen) atoms. The lowest BCUT2D eigenvalue weighted by Gasteiger charge is -2.07. The number of carbonyl (C=O) groups is 2. The molecule has 0 radical (unpaired) electrons. The van der Waals surface area contributed by atoms with E-state index >= 15 is 0 Å². The molecule has 0 rings (SSSR count). The predicted molar refractivity (Wildman–Crippen MR) is 53.9 cm³/mol. The molecule has 0 bridgehead atoms. The Hall–Kier alpha value is -0.340. The third kappa shape index (κ3) is 5.83. The van der Waals surface area contributed by atoms with Crippen LogP contribution in [0.5, 0.6) is 0 Å². The molecule has 0 aromatic heterocycles. The van der Waals surface area contributed by atoms with E-state index in [0.29, 0.717) is 12.3 Å². The third-order valence-electron chi connectivity index (χ3n) is 1.81. The summed E-state index contributed by atoms with van der Waals surface area (Å²) in [5, 5.41) is -1.26. The maximum absolute atomic E-state index is 10.8. The lowest BCUT2D eigenvalue weighted by atomic mass is 9.99. The van der Waals surface area contributed by atoms with Gasteiger partial charge in [0.05, 0.1) is 0 Å². The minimum atomic E-state index is -0.660. The summed E-state index contributed by atoms with van der Waals surface area (Å²) in [7, 11) is 0. The molecule has 1 atom stereocenters. The smallest absolute Gasteiger partial charge is 0.248 e. The molecule has 2 nitrogen and oxygen atoms in total. The first-order valence-electron chi connectivity index (χ1n) is 4.07. The van der Waals surface area contributed by atoms with Crippen LogP contribution in [0.2, 0.25) is 0 Å². The molecule has 0 N–H and O–H groups in total. The van der Waals surface area contributed by atoms with Gasteiger partial charge in [-0.1, -0.05) is 20.3 Å². The first-order chi connectivity index (χ1) is 5.97. The van der Waals surface area contributed by atoms with E-state index in [1.165, 1.54) is 0 Å². The van der Waals surface area contributed by atoms with E-state index in [4.69, 9.17) is 23.2 Å². The Morgan fingerprint density at radius 2 is 1.92 bits per heavy atom. The van der Waals surface area contributed by atoms with Gasteiger partial charge in [-0.15, -0.1) is 0 Å². The maximum Gasteiger partial charge on any atom is 0.248 e. The van der Waals surface area contributed by atoms with Crippen molar-refractivity contribution in [3.8, 4) is 0 Å². The summed E-state index contributed by atoms with van der Waals surface area (Å²) in [4.78, 5) is 21.3. The second-order valence-corrected chi connectivity index (χ2v) is 3.68. The second kappa shape index (κ2) is 6.17. The maximum atomic E-state index is 10.8. The van der Waals surface area contributed by atoms with Gasteiger partial charge in [0, 0.05) is 11.6 Å². The highest BCUT2D eigenvalue weighted by atomic mass is 35.5. The fraction of sp³-hybridized carbons (Fsp3) is 0.556. The van der Waals surface area contributed by atoms with Crippen LogP contribution < -0.4 is 0 Å². The van der Waals surface area contributed by atoms with E-state index in [2.05, 4.69) is 0 Å². The van der Waals surface area contributed by atoms with Crippen molar-refractivity contribution in [3.05, 3.63) is 11.6 Å². The summed E-state index contributed by atoms with van der Waals surface area (Å²) >= 11 is 10.4. The van der Waals surface area contributed by atoms with Crippen LogP contribution in [0.1, 0.15) is 26.7 Å². The zero-order chi connectivity index (χ0) is 10.4. The van der Waals surface area contributed by atoms with E-state index < -0.39 is 10.5 Å². The molecule has 1 unspecified atom stereocenters. The molecule has 0 spiro atoms. The van der Waals surface area contributed by atoms with Crippen LogP contribution in [0, 0.1) is 5.92 Å². The fourth-order valence-electron chi connectivity index (χ4n) is 0.853. The van der Waals surface area contributed by atoms with Crippen molar-refractivity contribution in [1.82, 2.24) is 0 Å². The summed E-state index contributed by atoms with van der Waals surface area (Å²) in [6, 6.07) is 0. The fourth-order valence-corrected chi connectivity index (χ4v) is 1.12. The number of allylic oxidation sites excluding steroid dienone is 2. The third-order valence-corrected chi connectivity index (χ3v) is 2.16. The van der Waals surface area contributed by atoms with Gasteiger partial charge in [-0.3, -0.25) is 9.59 Å². The SMILES string of the molecule is CCC(C)C/C(=C\C(=O)Cl)C(=O)Cl. The minimum Gasteiger partial charge on any atom is -0.276 e. The van der Waals surface area contributed by atoms with Gasteiger partial charge in [0.25, 0.3) is 0 Å². The lowest BCUT2D eigenvalue weighted by Crippen LogP contribution is -2.02. The first-order valence-corrected chi connectivity index (χ1v) is 4.82. The van der Waals surface area contributed by atoms with Gasteiger partial charge < -0.3 is 0 Å². The summed E-state index contributed by atoms with van der Waals surface area (Å²) in [5.74, 6) is 0.324. The van der Waals surface area contributed by atoms with Gasteiger partial charge >= 0.3 is 0 Å². The molecule has 0 amide bonds. The summed E-state index contributed by atoms with van der Waals surface area (Å²) in [6.07, 6.45) is 2.51. The van der Waals surface area contributed by atoms with E-state index in [9.17, 15) is 9.59 Å². The molecule has 74 valence electrons. The van der Waals surface area contributed by atoms with Crippen LogP contribution in [-0.2, 0) is 9.59 Å². The summed E-state index contributed by atoms with van der Waals surface area (Å²) in [5.41, 5.74) is 0.288. The quantitative estimate of drug-likeness (QED) is 0.530. The average Bonchev–Trinajstić information content (AvgIpc) is 2.02.